The van der Waals surface area contributed by atoms with Gasteiger partial charge in [0.1, 0.15) is 5.69 Å². The number of pyridine rings is 1. The summed E-state index contributed by atoms with van der Waals surface area (Å²) in [5, 5.41) is 2.93. The maximum Gasteiger partial charge on any atom is 0.268 e. The number of carbonyl (C=O) groups is 1. The summed E-state index contributed by atoms with van der Waals surface area (Å²) in [4.78, 5) is 26.1. The van der Waals surface area contributed by atoms with E-state index in [0.29, 0.717) is 24.9 Å². The molecule has 1 N–H and O–H groups in total. The Balaban J connectivity index is 1.91. The lowest BCUT2D eigenvalue weighted by Crippen LogP contribution is -2.42. The van der Waals surface area contributed by atoms with Gasteiger partial charge in [-0.3, -0.25) is 14.5 Å². The summed E-state index contributed by atoms with van der Waals surface area (Å²) in [6, 6.07) is 5.07. The summed E-state index contributed by atoms with van der Waals surface area (Å²) in [6.07, 6.45) is 2.23. The predicted octanol–water partition coefficient (Wildman–Crippen LogP) is 0.226. The van der Waals surface area contributed by atoms with Gasteiger partial charge in [0, 0.05) is 39.4 Å². The Morgan fingerprint density at radius 2 is 2.29 bits per heavy atom. The molecule has 0 radical (unpaired) electrons. The SMILES string of the molecule is COCCN1CCC[C@H]1CNC(=O)c1cccc(=O)n1C. The monoisotopic (exact) mass is 293 g/mol. The van der Waals surface area contributed by atoms with E-state index in [9.17, 15) is 9.59 Å². The summed E-state index contributed by atoms with van der Waals surface area (Å²) >= 11 is 0. The van der Waals surface area contributed by atoms with Crippen molar-refractivity contribution < 1.29 is 9.53 Å². The van der Waals surface area contributed by atoms with Gasteiger partial charge in [-0.05, 0) is 25.5 Å². The van der Waals surface area contributed by atoms with Crippen LogP contribution in [0.1, 0.15) is 23.3 Å². The molecular formula is C15H23N3O3. The quantitative estimate of drug-likeness (QED) is 0.815. The third-order valence-electron chi connectivity index (χ3n) is 4.00. The first-order chi connectivity index (χ1) is 10.1. The van der Waals surface area contributed by atoms with E-state index in [1.165, 1.54) is 10.6 Å². The Kier molecular flexibility index (Phi) is 5.52. The van der Waals surface area contributed by atoms with Crippen molar-refractivity contribution in [3.8, 4) is 0 Å². The van der Waals surface area contributed by atoms with Gasteiger partial charge in [-0.15, -0.1) is 0 Å². The molecular weight excluding hydrogens is 270 g/mol. The number of aromatic nitrogens is 1. The molecule has 2 heterocycles. The standard InChI is InChI=1S/C15H23N3O3/c1-17-13(6-3-7-14(17)19)15(20)16-11-12-5-4-8-18(12)9-10-21-2/h3,6-7,12H,4-5,8-11H2,1-2H3,(H,16,20)/t12-/m0/s1. The van der Waals surface area contributed by atoms with Crippen molar-refractivity contribution in [1.29, 1.82) is 0 Å². The van der Waals surface area contributed by atoms with Crippen LogP contribution in [-0.4, -0.2) is 54.8 Å². The number of amides is 1. The fourth-order valence-electron chi connectivity index (χ4n) is 2.72. The van der Waals surface area contributed by atoms with E-state index >= 15 is 0 Å². The molecule has 0 aliphatic carbocycles. The average Bonchev–Trinajstić information content (AvgIpc) is 2.93. The molecule has 1 aromatic heterocycles. The number of nitrogens with zero attached hydrogens (tertiary/aromatic N) is 2. The zero-order valence-electron chi connectivity index (χ0n) is 12.7. The summed E-state index contributed by atoms with van der Waals surface area (Å²) < 4.78 is 6.48. The number of ether oxygens (including phenoxy) is 1. The van der Waals surface area contributed by atoms with E-state index in [0.717, 1.165) is 25.9 Å². The van der Waals surface area contributed by atoms with Crippen LogP contribution in [-0.2, 0) is 11.8 Å². The van der Waals surface area contributed by atoms with Gasteiger partial charge in [0.15, 0.2) is 0 Å². The molecule has 0 spiro atoms. The second-order valence-electron chi connectivity index (χ2n) is 5.34. The molecule has 0 bridgehead atoms. The van der Waals surface area contributed by atoms with Gasteiger partial charge < -0.3 is 14.6 Å². The first kappa shape index (κ1) is 15.7. The molecule has 2 rings (SSSR count). The molecule has 1 aliphatic heterocycles. The lowest BCUT2D eigenvalue weighted by Gasteiger charge is -2.24. The summed E-state index contributed by atoms with van der Waals surface area (Å²) in [5.41, 5.74) is 0.217. The van der Waals surface area contributed by atoms with Crippen LogP contribution in [0.5, 0.6) is 0 Å². The van der Waals surface area contributed by atoms with Crippen molar-refractivity contribution in [2.24, 2.45) is 7.05 Å². The largest absolute Gasteiger partial charge is 0.383 e. The summed E-state index contributed by atoms with van der Waals surface area (Å²) in [7, 11) is 3.31. The molecule has 1 aliphatic rings. The summed E-state index contributed by atoms with van der Waals surface area (Å²) in [5.74, 6) is -0.200. The van der Waals surface area contributed by atoms with E-state index in [4.69, 9.17) is 4.74 Å². The molecule has 1 saturated heterocycles. The molecule has 0 unspecified atom stereocenters. The van der Waals surface area contributed by atoms with Crippen molar-refractivity contribution in [2.45, 2.75) is 18.9 Å². The Morgan fingerprint density at radius 3 is 3.05 bits per heavy atom. The minimum Gasteiger partial charge on any atom is -0.383 e. The van der Waals surface area contributed by atoms with Crippen LogP contribution in [0, 0.1) is 0 Å². The Bertz CT molecular complexity index is 541. The third kappa shape index (κ3) is 3.92. The second kappa shape index (κ2) is 7.38. The highest BCUT2D eigenvalue weighted by Crippen LogP contribution is 2.15. The molecule has 1 atom stereocenters. The van der Waals surface area contributed by atoms with E-state index < -0.39 is 0 Å². The molecule has 116 valence electrons. The van der Waals surface area contributed by atoms with Crippen molar-refractivity contribution in [1.82, 2.24) is 14.8 Å². The van der Waals surface area contributed by atoms with Gasteiger partial charge in [0.2, 0.25) is 0 Å². The maximum absolute atomic E-state index is 12.2. The maximum atomic E-state index is 12.2. The van der Waals surface area contributed by atoms with Crippen LogP contribution >= 0.6 is 0 Å². The van der Waals surface area contributed by atoms with Crippen LogP contribution in [0.3, 0.4) is 0 Å². The number of nitrogens with one attached hydrogen (secondary N) is 1. The molecule has 6 nitrogen and oxygen atoms in total. The molecule has 21 heavy (non-hydrogen) atoms. The van der Waals surface area contributed by atoms with E-state index in [-0.39, 0.29) is 11.5 Å². The van der Waals surface area contributed by atoms with Crippen molar-refractivity contribution in [2.75, 3.05) is 33.4 Å². The van der Waals surface area contributed by atoms with E-state index in [2.05, 4.69) is 10.2 Å². The van der Waals surface area contributed by atoms with Crippen LogP contribution < -0.4 is 10.9 Å². The van der Waals surface area contributed by atoms with Gasteiger partial charge in [-0.1, -0.05) is 6.07 Å². The van der Waals surface area contributed by atoms with E-state index in [1.807, 2.05) is 0 Å². The lowest BCUT2D eigenvalue weighted by atomic mass is 10.2. The Hall–Kier alpha value is -1.66. The summed E-state index contributed by atoms with van der Waals surface area (Å²) in [6.45, 7) is 3.25. The van der Waals surface area contributed by atoms with Crippen molar-refractivity contribution >= 4 is 5.91 Å². The first-order valence-electron chi connectivity index (χ1n) is 7.30. The van der Waals surface area contributed by atoms with Gasteiger partial charge in [0.05, 0.1) is 6.61 Å². The van der Waals surface area contributed by atoms with Crippen LogP contribution in [0.15, 0.2) is 23.0 Å². The number of rotatable bonds is 6. The van der Waals surface area contributed by atoms with Crippen molar-refractivity contribution in [3.63, 3.8) is 0 Å². The van der Waals surface area contributed by atoms with Gasteiger partial charge in [0.25, 0.3) is 11.5 Å². The Morgan fingerprint density at radius 1 is 1.48 bits per heavy atom. The van der Waals surface area contributed by atoms with Crippen LogP contribution in [0.4, 0.5) is 0 Å². The zero-order valence-corrected chi connectivity index (χ0v) is 12.7. The second-order valence-corrected chi connectivity index (χ2v) is 5.34. The molecule has 1 fully saturated rings. The van der Waals surface area contributed by atoms with Gasteiger partial charge in [-0.2, -0.15) is 0 Å². The highest BCUT2D eigenvalue weighted by atomic mass is 16.5. The fraction of sp³-hybridized carbons (Fsp3) is 0.600. The lowest BCUT2D eigenvalue weighted by molar-refractivity contribution is 0.0923. The van der Waals surface area contributed by atoms with Crippen molar-refractivity contribution in [3.05, 3.63) is 34.2 Å². The predicted molar refractivity (Wildman–Crippen MR) is 80.5 cm³/mol. The first-order valence-corrected chi connectivity index (χ1v) is 7.30. The number of carbonyl (C=O) groups excluding carboxylic acids is 1. The minimum atomic E-state index is -0.200. The highest BCUT2D eigenvalue weighted by Gasteiger charge is 2.24. The molecule has 0 saturated carbocycles. The highest BCUT2D eigenvalue weighted by molar-refractivity contribution is 5.92. The number of likely N-dealkylation sites (tertiary alicyclic amines) is 1. The molecule has 1 aromatic rings. The number of hydrogen-bond acceptors (Lipinski definition) is 4. The van der Waals surface area contributed by atoms with E-state index in [1.54, 1.807) is 26.3 Å². The average molecular weight is 293 g/mol. The van der Waals surface area contributed by atoms with Crippen LogP contribution in [0.2, 0.25) is 0 Å². The molecule has 1 amide bonds. The Labute approximate surface area is 124 Å². The fourth-order valence-corrected chi connectivity index (χ4v) is 2.72. The van der Waals surface area contributed by atoms with Crippen LogP contribution in [0.25, 0.3) is 0 Å². The molecule has 0 aromatic carbocycles. The number of methoxy groups -OCH3 is 1. The number of hydrogen-bond donors (Lipinski definition) is 1. The topological polar surface area (TPSA) is 63.6 Å². The zero-order chi connectivity index (χ0) is 15.2. The smallest absolute Gasteiger partial charge is 0.268 e. The minimum absolute atomic E-state index is 0.176. The normalized spacial score (nSPS) is 18.9. The third-order valence-corrected chi connectivity index (χ3v) is 4.00. The molecule has 6 heteroatoms. The van der Waals surface area contributed by atoms with Gasteiger partial charge >= 0.3 is 0 Å². The van der Waals surface area contributed by atoms with Gasteiger partial charge in [-0.25, -0.2) is 0 Å².